The van der Waals surface area contributed by atoms with E-state index in [2.05, 4.69) is 37.9 Å². The molecule has 1 aliphatic rings. The summed E-state index contributed by atoms with van der Waals surface area (Å²) in [6.07, 6.45) is 1.75. The number of piperazine rings is 1. The van der Waals surface area contributed by atoms with Crippen molar-refractivity contribution in [3.8, 4) is 11.4 Å². The summed E-state index contributed by atoms with van der Waals surface area (Å²) in [7, 11) is 0. The molecule has 0 aliphatic carbocycles. The van der Waals surface area contributed by atoms with Gasteiger partial charge in [-0.2, -0.15) is 4.98 Å². The van der Waals surface area contributed by atoms with Crippen molar-refractivity contribution in [1.29, 1.82) is 0 Å². The van der Waals surface area contributed by atoms with Gasteiger partial charge in [-0.15, -0.1) is 0 Å². The fraction of sp³-hybridized carbons (Fsp3) is 0.316. The highest BCUT2D eigenvalue weighted by atomic mass is 35.5. The minimum atomic E-state index is 0.527. The maximum Gasteiger partial charge on any atom is 0.241 e. The standard InChI is InChI=1S/C19H20ClN5O/c1-14-4-2-3-5-16(14)19-22-18(26-23-19)13-24-8-10-25(11-9-24)15-6-7-21-17(20)12-15/h2-7,12H,8-11,13H2,1H3. The van der Waals surface area contributed by atoms with Crippen molar-refractivity contribution in [3.05, 3.63) is 59.2 Å². The van der Waals surface area contributed by atoms with Gasteiger partial charge in [0.1, 0.15) is 5.15 Å². The van der Waals surface area contributed by atoms with E-state index in [4.69, 9.17) is 16.1 Å². The summed E-state index contributed by atoms with van der Waals surface area (Å²) in [5.41, 5.74) is 3.27. The van der Waals surface area contributed by atoms with Crippen molar-refractivity contribution in [3.63, 3.8) is 0 Å². The first-order chi connectivity index (χ1) is 12.7. The van der Waals surface area contributed by atoms with Crippen LogP contribution in [0, 0.1) is 6.92 Å². The van der Waals surface area contributed by atoms with Gasteiger partial charge in [0, 0.05) is 43.6 Å². The molecule has 1 aliphatic heterocycles. The molecule has 2 aromatic heterocycles. The number of pyridine rings is 1. The molecule has 134 valence electrons. The number of anilines is 1. The van der Waals surface area contributed by atoms with Crippen molar-refractivity contribution in [1.82, 2.24) is 20.0 Å². The van der Waals surface area contributed by atoms with Crippen LogP contribution in [-0.2, 0) is 6.54 Å². The molecule has 3 aromatic rings. The molecule has 26 heavy (non-hydrogen) atoms. The third kappa shape index (κ3) is 3.71. The molecular formula is C19H20ClN5O. The first-order valence-corrected chi connectivity index (χ1v) is 9.04. The fourth-order valence-corrected chi connectivity index (χ4v) is 3.36. The zero-order chi connectivity index (χ0) is 17.9. The highest BCUT2D eigenvalue weighted by molar-refractivity contribution is 6.29. The predicted molar refractivity (Wildman–Crippen MR) is 101 cm³/mol. The Kier molecular flexibility index (Phi) is 4.86. The molecule has 0 saturated carbocycles. The Labute approximate surface area is 157 Å². The molecule has 6 nitrogen and oxygen atoms in total. The first kappa shape index (κ1) is 17.0. The number of aromatic nitrogens is 3. The molecular weight excluding hydrogens is 350 g/mol. The van der Waals surface area contributed by atoms with Crippen molar-refractivity contribution in [2.45, 2.75) is 13.5 Å². The zero-order valence-electron chi connectivity index (χ0n) is 14.6. The third-order valence-electron chi connectivity index (χ3n) is 4.66. The Morgan fingerprint density at radius 2 is 1.92 bits per heavy atom. The lowest BCUT2D eigenvalue weighted by atomic mass is 10.1. The molecule has 1 fully saturated rings. The van der Waals surface area contributed by atoms with Crippen LogP contribution >= 0.6 is 11.6 Å². The van der Waals surface area contributed by atoms with Crippen molar-refractivity contribution >= 4 is 17.3 Å². The second kappa shape index (κ2) is 7.43. The quantitative estimate of drug-likeness (QED) is 0.657. The van der Waals surface area contributed by atoms with E-state index in [9.17, 15) is 0 Å². The van der Waals surface area contributed by atoms with Crippen LogP contribution in [0.4, 0.5) is 5.69 Å². The lowest BCUT2D eigenvalue weighted by Crippen LogP contribution is -2.46. The van der Waals surface area contributed by atoms with Crippen molar-refractivity contribution in [2.75, 3.05) is 31.1 Å². The molecule has 1 saturated heterocycles. The summed E-state index contributed by atoms with van der Waals surface area (Å²) in [4.78, 5) is 13.2. The lowest BCUT2D eigenvalue weighted by Gasteiger charge is -2.35. The highest BCUT2D eigenvalue weighted by Crippen LogP contribution is 2.22. The number of benzene rings is 1. The normalized spacial score (nSPS) is 15.4. The van der Waals surface area contributed by atoms with Crippen LogP contribution < -0.4 is 4.90 Å². The average Bonchev–Trinajstić information content (AvgIpc) is 3.11. The van der Waals surface area contributed by atoms with Gasteiger partial charge in [0.15, 0.2) is 0 Å². The zero-order valence-corrected chi connectivity index (χ0v) is 15.4. The number of hydrogen-bond donors (Lipinski definition) is 0. The number of halogens is 1. The van der Waals surface area contributed by atoms with E-state index in [0.29, 0.717) is 23.4 Å². The largest absolute Gasteiger partial charge is 0.369 e. The Morgan fingerprint density at radius 1 is 1.12 bits per heavy atom. The average molecular weight is 370 g/mol. The smallest absolute Gasteiger partial charge is 0.241 e. The van der Waals surface area contributed by atoms with E-state index in [0.717, 1.165) is 43.0 Å². The van der Waals surface area contributed by atoms with E-state index < -0.39 is 0 Å². The minimum Gasteiger partial charge on any atom is -0.369 e. The Bertz CT molecular complexity index is 889. The van der Waals surface area contributed by atoms with Crippen LogP contribution in [0.15, 0.2) is 47.1 Å². The van der Waals surface area contributed by atoms with E-state index in [1.807, 2.05) is 30.3 Å². The summed E-state index contributed by atoms with van der Waals surface area (Å²) in [5, 5.41) is 4.67. The molecule has 7 heteroatoms. The second-order valence-electron chi connectivity index (χ2n) is 6.43. The monoisotopic (exact) mass is 369 g/mol. The predicted octanol–water partition coefficient (Wildman–Crippen LogP) is 3.42. The van der Waals surface area contributed by atoms with E-state index in [-0.39, 0.29) is 0 Å². The van der Waals surface area contributed by atoms with Crippen LogP contribution in [0.2, 0.25) is 5.15 Å². The first-order valence-electron chi connectivity index (χ1n) is 8.66. The SMILES string of the molecule is Cc1ccccc1-c1noc(CN2CCN(c3ccnc(Cl)c3)CC2)n1. The van der Waals surface area contributed by atoms with Gasteiger partial charge in [-0.25, -0.2) is 4.98 Å². The molecule has 0 spiro atoms. The summed E-state index contributed by atoms with van der Waals surface area (Å²) >= 11 is 5.99. The van der Waals surface area contributed by atoms with E-state index >= 15 is 0 Å². The van der Waals surface area contributed by atoms with Gasteiger partial charge in [-0.1, -0.05) is 41.0 Å². The summed E-state index contributed by atoms with van der Waals surface area (Å²) < 4.78 is 5.46. The second-order valence-corrected chi connectivity index (χ2v) is 6.81. The van der Waals surface area contributed by atoms with Gasteiger partial charge in [0.05, 0.1) is 6.54 Å². The highest BCUT2D eigenvalue weighted by Gasteiger charge is 2.20. The molecule has 4 rings (SSSR count). The van der Waals surface area contributed by atoms with Gasteiger partial charge >= 0.3 is 0 Å². The summed E-state index contributed by atoms with van der Waals surface area (Å²) in [6.45, 7) is 6.45. The van der Waals surface area contributed by atoms with E-state index in [1.54, 1.807) is 6.20 Å². The molecule has 0 N–H and O–H groups in total. The Hall–Kier alpha value is -2.44. The number of nitrogens with zero attached hydrogens (tertiary/aromatic N) is 5. The maximum absolute atomic E-state index is 5.99. The number of aryl methyl sites for hydroxylation is 1. The van der Waals surface area contributed by atoms with Crippen LogP contribution in [0.3, 0.4) is 0 Å². The number of rotatable bonds is 4. The molecule has 0 atom stereocenters. The summed E-state index contributed by atoms with van der Waals surface area (Å²) in [5.74, 6) is 1.31. The van der Waals surface area contributed by atoms with Gasteiger partial charge in [0.2, 0.25) is 11.7 Å². The molecule has 0 unspecified atom stereocenters. The number of hydrogen-bond acceptors (Lipinski definition) is 6. The molecule has 0 radical (unpaired) electrons. The van der Waals surface area contributed by atoms with E-state index in [1.165, 1.54) is 0 Å². The molecule has 3 heterocycles. The van der Waals surface area contributed by atoms with Gasteiger partial charge in [-0.05, 0) is 24.6 Å². The Balaban J connectivity index is 1.37. The van der Waals surface area contributed by atoms with Gasteiger partial charge in [0.25, 0.3) is 0 Å². The van der Waals surface area contributed by atoms with Crippen LogP contribution in [-0.4, -0.2) is 46.2 Å². The molecule has 0 amide bonds. The van der Waals surface area contributed by atoms with Crippen LogP contribution in [0.5, 0.6) is 0 Å². The topological polar surface area (TPSA) is 58.3 Å². The maximum atomic E-state index is 5.99. The lowest BCUT2D eigenvalue weighted by molar-refractivity contribution is 0.215. The van der Waals surface area contributed by atoms with Crippen LogP contribution in [0.1, 0.15) is 11.5 Å². The summed E-state index contributed by atoms with van der Waals surface area (Å²) in [6, 6.07) is 12.0. The minimum absolute atomic E-state index is 0.527. The Morgan fingerprint density at radius 3 is 2.69 bits per heavy atom. The van der Waals surface area contributed by atoms with Gasteiger partial charge in [-0.3, -0.25) is 4.90 Å². The van der Waals surface area contributed by atoms with Crippen LogP contribution in [0.25, 0.3) is 11.4 Å². The van der Waals surface area contributed by atoms with Gasteiger partial charge < -0.3 is 9.42 Å². The molecule has 0 bridgehead atoms. The van der Waals surface area contributed by atoms with Crippen molar-refractivity contribution < 1.29 is 4.52 Å². The van der Waals surface area contributed by atoms with Crippen molar-refractivity contribution in [2.24, 2.45) is 0 Å². The molecule has 1 aromatic carbocycles. The fourth-order valence-electron chi connectivity index (χ4n) is 3.20. The third-order valence-corrected chi connectivity index (χ3v) is 4.87.